The molecule has 6 atom stereocenters. The molecular formula is C19H26O3. The maximum absolute atomic E-state index is 10.7. The van der Waals surface area contributed by atoms with Crippen molar-refractivity contribution >= 4 is 0 Å². The largest absolute Gasteiger partial charge is 0.508 e. The highest BCUT2D eigenvalue weighted by atomic mass is 16.5. The van der Waals surface area contributed by atoms with Crippen molar-refractivity contribution in [1.82, 2.24) is 0 Å². The van der Waals surface area contributed by atoms with E-state index in [1.165, 1.54) is 17.5 Å². The summed E-state index contributed by atoms with van der Waals surface area (Å²) >= 11 is 0. The molecule has 0 radical (unpaired) electrons. The number of aliphatic hydroxyl groups is 1. The molecule has 2 N–H and O–H groups in total. The van der Waals surface area contributed by atoms with Crippen LogP contribution in [0, 0.1) is 17.3 Å². The highest BCUT2D eigenvalue weighted by Crippen LogP contribution is 2.61. The molecule has 120 valence electrons. The standard InChI is InChI=1S/C19H26O3/c1-19-8-7-14-13-6-4-12(20)9-11(13)3-5-15(14)16(19)10-17(22-2)18(19)21/h4,6,9,14-18,20-21H,3,5,7-8,10H2,1-2H3/t14-,15-,16+,17-,18+,19+/m1/s1. The molecule has 1 aromatic rings. The molecule has 2 fully saturated rings. The number of phenolic OH excluding ortho intramolecular Hbond substituents is 1. The molecule has 0 bridgehead atoms. The first kappa shape index (κ1) is 14.5. The number of aryl methyl sites for hydroxylation is 1. The van der Waals surface area contributed by atoms with Crippen molar-refractivity contribution in [3.05, 3.63) is 29.3 Å². The van der Waals surface area contributed by atoms with Crippen LogP contribution in [-0.2, 0) is 11.2 Å². The minimum absolute atomic E-state index is 0.00466. The number of hydrogen-bond acceptors (Lipinski definition) is 3. The quantitative estimate of drug-likeness (QED) is 0.837. The van der Waals surface area contributed by atoms with E-state index in [2.05, 4.69) is 13.0 Å². The number of fused-ring (bicyclic) bond motifs is 5. The highest BCUT2D eigenvalue weighted by molar-refractivity contribution is 5.40. The summed E-state index contributed by atoms with van der Waals surface area (Å²) in [6.45, 7) is 2.27. The number of phenols is 1. The van der Waals surface area contributed by atoms with Gasteiger partial charge in [0, 0.05) is 7.11 Å². The van der Waals surface area contributed by atoms with Crippen LogP contribution in [0.15, 0.2) is 18.2 Å². The second-order valence-corrected chi connectivity index (χ2v) is 7.80. The lowest BCUT2D eigenvalue weighted by atomic mass is 9.55. The molecule has 0 aromatic heterocycles. The SMILES string of the molecule is CO[C@@H]1C[C@H]2[C@@H]3CCc4cc(O)ccc4[C@H]3CC[C@]2(C)[C@H]1O. The average molecular weight is 302 g/mol. The Labute approximate surface area is 132 Å². The maximum Gasteiger partial charge on any atom is 0.115 e. The van der Waals surface area contributed by atoms with Crippen LogP contribution in [0.5, 0.6) is 5.75 Å². The molecular weight excluding hydrogens is 276 g/mol. The second-order valence-electron chi connectivity index (χ2n) is 7.80. The van der Waals surface area contributed by atoms with Crippen LogP contribution in [-0.4, -0.2) is 29.5 Å². The summed E-state index contributed by atoms with van der Waals surface area (Å²) in [6.07, 6.45) is 5.08. The number of methoxy groups -OCH3 is 1. The Kier molecular flexibility index (Phi) is 3.28. The van der Waals surface area contributed by atoms with E-state index in [0.29, 0.717) is 23.5 Å². The number of hydrogen-bond donors (Lipinski definition) is 2. The van der Waals surface area contributed by atoms with Crippen LogP contribution in [0.2, 0.25) is 0 Å². The summed E-state index contributed by atoms with van der Waals surface area (Å²) in [7, 11) is 1.73. The van der Waals surface area contributed by atoms with E-state index in [1.54, 1.807) is 7.11 Å². The molecule has 3 heteroatoms. The first-order valence-electron chi connectivity index (χ1n) is 8.57. The predicted octanol–water partition coefficient (Wildman–Crippen LogP) is 3.23. The van der Waals surface area contributed by atoms with Crippen molar-refractivity contribution in [2.24, 2.45) is 17.3 Å². The predicted molar refractivity (Wildman–Crippen MR) is 84.9 cm³/mol. The van der Waals surface area contributed by atoms with Gasteiger partial charge in [0.15, 0.2) is 0 Å². The lowest BCUT2D eigenvalue weighted by Crippen LogP contribution is -2.45. The van der Waals surface area contributed by atoms with Gasteiger partial charge < -0.3 is 14.9 Å². The van der Waals surface area contributed by atoms with Gasteiger partial charge in [0.05, 0.1) is 12.2 Å². The van der Waals surface area contributed by atoms with Crippen LogP contribution in [0.25, 0.3) is 0 Å². The molecule has 0 unspecified atom stereocenters. The maximum atomic E-state index is 10.7. The molecule has 4 rings (SSSR count). The molecule has 22 heavy (non-hydrogen) atoms. The number of ether oxygens (including phenoxy) is 1. The number of rotatable bonds is 1. The van der Waals surface area contributed by atoms with Gasteiger partial charge in [-0.15, -0.1) is 0 Å². The van der Waals surface area contributed by atoms with Crippen molar-refractivity contribution in [2.75, 3.05) is 7.11 Å². The Morgan fingerprint density at radius 1 is 1.27 bits per heavy atom. The van der Waals surface area contributed by atoms with Crippen LogP contribution in [0.4, 0.5) is 0 Å². The smallest absolute Gasteiger partial charge is 0.115 e. The lowest BCUT2D eigenvalue weighted by molar-refractivity contribution is -0.0607. The van der Waals surface area contributed by atoms with Crippen molar-refractivity contribution in [1.29, 1.82) is 0 Å². The summed E-state index contributed by atoms with van der Waals surface area (Å²) in [4.78, 5) is 0. The first-order chi connectivity index (χ1) is 10.5. The molecule has 1 aromatic carbocycles. The van der Waals surface area contributed by atoms with Crippen molar-refractivity contribution in [3.8, 4) is 5.75 Å². The van der Waals surface area contributed by atoms with Crippen LogP contribution in [0.3, 0.4) is 0 Å². The van der Waals surface area contributed by atoms with E-state index >= 15 is 0 Å². The van der Waals surface area contributed by atoms with E-state index in [4.69, 9.17) is 4.74 Å². The minimum Gasteiger partial charge on any atom is -0.508 e. The van der Waals surface area contributed by atoms with Gasteiger partial charge in [-0.1, -0.05) is 13.0 Å². The fourth-order valence-corrected chi connectivity index (χ4v) is 5.76. The third-order valence-electron chi connectivity index (χ3n) is 6.96. The fourth-order valence-electron chi connectivity index (χ4n) is 5.76. The zero-order chi connectivity index (χ0) is 15.5. The molecule has 0 spiro atoms. The molecule has 3 aliphatic carbocycles. The topological polar surface area (TPSA) is 49.7 Å². The van der Waals surface area contributed by atoms with Gasteiger partial charge >= 0.3 is 0 Å². The summed E-state index contributed by atoms with van der Waals surface area (Å²) < 4.78 is 5.56. The molecule has 0 saturated heterocycles. The Hall–Kier alpha value is -1.06. The van der Waals surface area contributed by atoms with Gasteiger partial charge in [-0.2, -0.15) is 0 Å². The molecule has 3 aliphatic rings. The zero-order valence-corrected chi connectivity index (χ0v) is 13.5. The Morgan fingerprint density at radius 2 is 2.09 bits per heavy atom. The molecule has 3 nitrogen and oxygen atoms in total. The van der Waals surface area contributed by atoms with E-state index in [-0.39, 0.29) is 17.6 Å². The van der Waals surface area contributed by atoms with E-state index in [1.807, 2.05) is 12.1 Å². The van der Waals surface area contributed by atoms with Crippen LogP contribution >= 0.6 is 0 Å². The van der Waals surface area contributed by atoms with E-state index < -0.39 is 0 Å². The Morgan fingerprint density at radius 3 is 2.86 bits per heavy atom. The second kappa shape index (κ2) is 4.97. The minimum atomic E-state index is -0.329. The number of aromatic hydroxyl groups is 1. The third kappa shape index (κ3) is 1.88. The first-order valence-corrected chi connectivity index (χ1v) is 8.57. The lowest BCUT2D eigenvalue weighted by Gasteiger charge is -2.49. The molecule has 0 heterocycles. The van der Waals surface area contributed by atoms with Crippen LogP contribution in [0.1, 0.15) is 49.7 Å². The molecule has 0 amide bonds. The number of aliphatic hydroxyl groups excluding tert-OH is 1. The summed E-state index contributed by atoms with van der Waals surface area (Å²) in [5.74, 6) is 2.16. The Balaban J connectivity index is 1.69. The van der Waals surface area contributed by atoms with E-state index in [9.17, 15) is 10.2 Å². The van der Waals surface area contributed by atoms with Crippen molar-refractivity contribution < 1.29 is 14.9 Å². The average Bonchev–Trinajstić information content (AvgIpc) is 2.78. The normalized spacial score (nSPS) is 43.3. The summed E-state index contributed by atoms with van der Waals surface area (Å²) in [6, 6.07) is 5.90. The monoisotopic (exact) mass is 302 g/mol. The molecule has 2 saturated carbocycles. The van der Waals surface area contributed by atoms with Gasteiger partial charge in [-0.3, -0.25) is 0 Å². The highest BCUT2D eigenvalue weighted by Gasteiger charge is 2.58. The number of benzene rings is 1. The van der Waals surface area contributed by atoms with Gasteiger partial charge in [-0.25, -0.2) is 0 Å². The van der Waals surface area contributed by atoms with Crippen molar-refractivity contribution in [3.63, 3.8) is 0 Å². The van der Waals surface area contributed by atoms with Crippen LogP contribution < -0.4 is 0 Å². The fraction of sp³-hybridized carbons (Fsp3) is 0.684. The summed E-state index contributed by atoms with van der Waals surface area (Å²) in [5.41, 5.74) is 2.77. The van der Waals surface area contributed by atoms with E-state index in [0.717, 1.165) is 25.7 Å². The third-order valence-corrected chi connectivity index (χ3v) is 6.96. The van der Waals surface area contributed by atoms with Crippen molar-refractivity contribution in [2.45, 2.75) is 57.2 Å². The zero-order valence-electron chi connectivity index (χ0n) is 13.5. The van der Waals surface area contributed by atoms with Gasteiger partial charge in [-0.05, 0) is 78.5 Å². The van der Waals surface area contributed by atoms with Gasteiger partial charge in [0.2, 0.25) is 0 Å². The molecule has 0 aliphatic heterocycles. The summed E-state index contributed by atoms with van der Waals surface area (Å²) in [5, 5.41) is 20.4. The van der Waals surface area contributed by atoms with Gasteiger partial charge in [0.1, 0.15) is 5.75 Å². The Bertz CT molecular complexity index is 584. The van der Waals surface area contributed by atoms with Gasteiger partial charge in [0.25, 0.3) is 0 Å².